The highest BCUT2D eigenvalue weighted by Gasteiger charge is 2.53. The molecular weight excluding hydrogens is 855 g/mol. The fourth-order valence-corrected chi connectivity index (χ4v) is 12.7. The molecular formula is C70H57N. The Hall–Kier alpha value is -8.00. The first kappa shape index (κ1) is 43.1. The second-order valence-corrected chi connectivity index (χ2v) is 22.1. The fourth-order valence-electron chi connectivity index (χ4n) is 12.7. The fraction of sp³-hybridized carbons (Fsp3) is 0.143. The average molecular weight is 912 g/mol. The molecule has 3 aliphatic carbocycles. The van der Waals surface area contributed by atoms with Gasteiger partial charge in [-0.2, -0.15) is 0 Å². The van der Waals surface area contributed by atoms with Crippen LogP contribution in [0, 0.1) is 0 Å². The molecule has 10 aromatic carbocycles. The van der Waals surface area contributed by atoms with E-state index in [1.807, 2.05) is 0 Å². The molecule has 1 heteroatoms. The molecule has 342 valence electrons. The minimum absolute atomic E-state index is 0.0326. The number of fused-ring (bicyclic) bond motifs is 13. The van der Waals surface area contributed by atoms with Gasteiger partial charge in [0.1, 0.15) is 0 Å². The maximum Gasteiger partial charge on any atom is 0.0726 e. The Kier molecular flexibility index (Phi) is 9.55. The molecule has 0 saturated heterocycles. The van der Waals surface area contributed by atoms with Gasteiger partial charge in [0.15, 0.2) is 0 Å². The molecule has 1 spiro atoms. The SMILES string of the molecule is CC(C)(C)c1ccc(C2(c3ccccc3)c3ccccc3-c3ccc(N(c4ccccc4)c4ccc5c(c4)C4(c6ccccc6-c6ccc(C(C)(C)C)cc64)c4cc(-c6ccccc6)ccc4-5)cc32)cc1. The van der Waals surface area contributed by atoms with E-state index in [0.29, 0.717) is 0 Å². The average Bonchev–Trinajstić information content (AvgIpc) is 3.99. The van der Waals surface area contributed by atoms with Crippen LogP contribution in [0.2, 0.25) is 0 Å². The lowest BCUT2D eigenvalue weighted by molar-refractivity contribution is 0.588. The third kappa shape index (κ3) is 6.32. The molecule has 2 atom stereocenters. The number of nitrogens with zero attached hydrogens (tertiary/aromatic N) is 1. The van der Waals surface area contributed by atoms with E-state index in [0.717, 1.165) is 17.1 Å². The summed E-state index contributed by atoms with van der Waals surface area (Å²) in [6, 6.07) is 90.0. The summed E-state index contributed by atoms with van der Waals surface area (Å²) in [5.41, 5.74) is 25.6. The zero-order chi connectivity index (χ0) is 48.3. The van der Waals surface area contributed by atoms with Crippen molar-refractivity contribution in [1.82, 2.24) is 0 Å². The minimum Gasteiger partial charge on any atom is -0.310 e. The topological polar surface area (TPSA) is 3.24 Å². The number of benzene rings is 10. The lowest BCUT2D eigenvalue weighted by Gasteiger charge is -2.35. The summed E-state index contributed by atoms with van der Waals surface area (Å²) in [4.78, 5) is 2.50. The van der Waals surface area contributed by atoms with Crippen molar-refractivity contribution in [2.75, 3.05) is 4.90 Å². The summed E-state index contributed by atoms with van der Waals surface area (Å²) in [6.07, 6.45) is 0. The van der Waals surface area contributed by atoms with Gasteiger partial charge < -0.3 is 4.90 Å². The van der Waals surface area contributed by atoms with Crippen molar-refractivity contribution in [2.24, 2.45) is 0 Å². The molecule has 10 aromatic rings. The van der Waals surface area contributed by atoms with E-state index >= 15 is 0 Å². The lowest BCUT2D eigenvalue weighted by Crippen LogP contribution is -2.29. The highest BCUT2D eigenvalue weighted by molar-refractivity contribution is 5.98. The van der Waals surface area contributed by atoms with E-state index in [4.69, 9.17) is 0 Å². The predicted octanol–water partition coefficient (Wildman–Crippen LogP) is 18.1. The summed E-state index contributed by atoms with van der Waals surface area (Å²) in [5.74, 6) is 0. The number of hydrogen-bond acceptors (Lipinski definition) is 1. The van der Waals surface area contributed by atoms with Gasteiger partial charge in [0, 0.05) is 17.1 Å². The molecule has 13 rings (SSSR count). The number of hydrogen-bond donors (Lipinski definition) is 0. The van der Waals surface area contributed by atoms with Crippen LogP contribution in [0.3, 0.4) is 0 Å². The maximum atomic E-state index is 2.54. The highest BCUT2D eigenvalue weighted by Crippen LogP contribution is 2.65. The molecule has 71 heavy (non-hydrogen) atoms. The number of para-hydroxylation sites is 1. The Balaban J connectivity index is 1.07. The first-order valence-corrected chi connectivity index (χ1v) is 25.3. The first-order chi connectivity index (χ1) is 34.5. The molecule has 2 unspecified atom stereocenters. The predicted molar refractivity (Wildman–Crippen MR) is 298 cm³/mol. The van der Waals surface area contributed by atoms with Crippen LogP contribution in [0.4, 0.5) is 17.1 Å². The molecule has 0 fully saturated rings. The standard InChI is InChI=1S/C70H57N/c1-67(2,3)48-31-33-50(34-32-48)69(49-22-12-8-13-23-49)61-28-18-16-26-55(61)59-40-36-53(44-65(59)69)71(52-24-14-9-15-25-52)54-37-41-60-57-38-30-47(46-20-10-7-11-21-46)42-63(57)70(66(60)45-54)62-29-19-17-27-56(62)58-39-35-51(43-64(58)70)68(4,5)6/h7-45H,1-6H3. The largest absolute Gasteiger partial charge is 0.310 e. The molecule has 0 amide bonds. The second-order valence-electron chi connectivity index (χ2n) is 22.1. The van der Waals surface area contributed by atoms with E-state index in [-0.39, 0.29) is 10.8 Å². The van der Waals surface area contributed by atoms with E-state index in [1.165, 1.54) is 100 Å². The van der Waals surface area contributed by atoms with Crippen molar-refractivity contribution in [3.63, 3.8) is 0 Å². The van der Waals surface area contributed by atoms with Crippen LogP contribution in [-0.2, 0) is 21.7 Å². The number of rotatable bonds is 6. The van der Waals surface area contributed by atoms with Crippen molar-refractivity contribution in [2.45, 2.75) is 63.2 Å². The first-order valence-electron chi connectivity index (χ1n) is 25.3. The summed E-state index contributed by atoms with van der Waals surface area (Å²) >= 11 is 0. The van der Waals surface area contributed by atoms with Gasteiger partial charge in [0.25, 0.3) is 0 Å². The van der Waals surface area contributed by atoms with Crippen LogP contribution in [-0.4, -0.2) is 0 Å². The Labute approximate surface area is 419 Å². The van der Waals surface area contributed by atoms with E-state index < -0.39 is 10.8 Å². The quantitative estimate of drug-likeness (QED) is 0.161. The van der Waals surface area contributed by atoms with Gasteiger partial charge in [-0.15, -0.1) is 0 Å². The number of anilines is 3. The van der Waals surface area contributed by atoms with Crippen LogP contribution in [0.5, 0.6) is 0 Å². The van der Waals surface area contributed by atoms with Gasteiger partial charge in [-0.25, -0.2) is 0 Å². The monoisotopic (exact) mass is 911 g/mol. The van der Waals surface area contributed by atoms with Gasteiger partial charge in [0.05, 0.1) is 10.8 Å². The Morgan fingerprint density at radius 1 is 0.268 bits per heavy atom. The molecule has 0 radical (unpaired) electrons. The third-order valence-electron chi connectivity index (χ3n) is 16.1. The molecule has 0 saturated carbocycles. The smallest absolute Gasteiger partial charge is 0.0726 e. The zero-order valence-corrected chi connectivity index (χ0v) is 41.5. The summed E-state index contributed by atoms with van der Waals surface area (Å²) < 4.78 is 0. The Morgan fingerprint density at radius 3 is 1.25 bits per heavy atom. The third-order valence-corrected chi connectivity index (χ3v) is 16.1. The van der Waals surface area contributed by atoms with Crippen molar-refractivity contribution >= 4 is 17.1 Å². The molecule has 0 aliphatic heterocycles. The molecule has 1 nitrogen and oxygen atoms in total. The minimum atomic E-state index is -0.553. The second kappa shape index (κ2) is 15.8. The van der Waals surface area contributed by atoms with Crippen LogP contribution >= 0.6 is 0 Å². The molecule has 3 aliphatic rings. The summed E-state index contributed by atoms with van der Waals surface area (Å²) in [5, 5.41) is 0. The van der Waals surface area contributed by atoms with E-state index in [1.54, 1.807) is 0 Å². The van der Waals surface area contributed by atoms with Crippen molar-refractivity contribution < 1.29 is 0 Å². The van der Waals surface area contributed by atoms with E-state index in [9.17, 15) is 0 Å². The Morgan fingerprint density at radius 2 is 0.676 bits per heavy atom. The van der Waals surface area contributed by atoms with Gasteiger partial charge in [0.2, 0.25) is 0 Å². The van der Waals surface area contributed by atoms with Gasteiger partial charge in [-0.1, -0.05) is 236 Å². The Bertz CT molecular complexity index is 3700. The van der Waals surface area contributed by atoms with Crippen LogP contribution < -0.4 is 4.90 Å². The molecule has 0 aromatic heterocycles. The summed E-state index contributed by atoms with van der Waals surface area (Å²) in [7, 11) is 0. The normalized spacial score (nSPS) is 17.0. The molecule has 0 heterocycles. The maximum absolute atomic E-state index is 2.54. The van der Waals surface area contributed by atoms with Crippen molar-refractivity contribution in [3.05, 3.63) is 292 Å². The van der Waals surface area contributed by atoms with Crippen molar-refractivity contribution in [3.8, 4) is 44.5 Å². The van der Waals surface area contributed by atoms with Crippen LogP contribution in [0.25, 0.3) is 44.5 Å². The van der Waals surface area contributed by atoms with Crippen LogP contribution in [0.1, 0.15) is 97.2 Å². The van der Waals surface area contributed by atoms with Crippen LogP contribution in [0.15, 0.2) is 237 Å². The lowest BCUT2D eigenvalue weighted by atomic mass is 9.67. The zero-order valence-electron chi connectivity index (χ0n) is 41.5. The molecule has 0 bridgehead atoms. The van der Waals surface area contributed by atoms with Gasteiger partial charge in [-0.3, -0.25) is 0 Å². The van der Waals surface area contributed by atoms with Gasteiger partial charge in [-0.05, 0) is 153 Å². The van der Waals surface area contributed by atoms with Crippen molar-refractivity contribution in [1.29, 1.82) is 0 Å². The van der Waals surface area contributed by atoms with E-state index in [2.05, 4.69) is 283 Å². The van der Waals surface area contributed by atoms with Gasteiger partial charge >= 0.3 is 0 Å². The summed E-state index contributed by atoms with van der Waals surface area (Å²) in [6.45, 7) is 13.9. The molecule has 0 N–H and O–H groups in total. The highest BCUT2D eigenvalue weighted by atomic mass is 15.1.